The molecule has 1 heterocycles. The average molecular weight is 369 g/mol. The summed E-state index contributed by atoms with van der Waals surface area (Å²) < 4.78 is 29.4. The van der Waals surface area contributed by atoms with Crippen LogP contribution in [0.3, 0.4) is 0 Å². The predicted octanol–water partition coefficient (Wildman–Crippen LogP) is 2.98. The summed E-state index contributed by atoms with van der Waals surface area (Å²) in [6.45, 7) is 0.129. The van der Waals surface area contributed by atoms with Gasteiger partial charge in [-0.05, 0) is 42.5 Å². The maximum atomic E-state index is 11.8. The van der Waals surface area contributed by atoms with Gasteiger partial charge >= 0.3 is 0 Å². The fourth-order valence-electron chi connectivity index (χ4n) is 1.78. The molecule has 1 N–H and O–H groups in total. The summed E-state index contributed by atoms with van der Waals surface area (Å²) in [5, 5.41) is 3.27. The van der Waals surface area contributed by atoms with Crippen LogP contribution in [0, 0.1) is 0 Å². The molecule has 0 saturated carbocycles. The normalized spacial score (nSPS) is 12.0. The third kappa shape index (κ3) is 5.52. The summed E-state index contributed by atoms with van der Waals surface area (Å²) in [5.74, 6) is 0.627. The lowest BCUT2D eigenvalue weighted by molar-refractivity contribution is -0.111. The Morgan fingerprint density at radius 2 is 1.92 bits per heavy atom. The van der Waals surface area contributed by atoms with Crippen LogP contribution < -0.4 is 5.32 Å². The molecule has 2 aromatic rings. The number of nitrogens with zero attached hydrogens (tertiary/aromatic N) is 1. The van der Waals surface area contributed by atoms with E-state index < -0.39 is 10.0 Å². The van der Waals surface area contributed by atoms with Gasteiger partial charge in [-0.3, -0.25) is 4.79 Å². The second kappa shape index (κ2) is 7.65. The smallest absolute Gasteiger partial charge is 0.248 e. The third-order valence-corrected chi connectivity index (χ3v) is 4.65. The van der Waals surface area contributed by atoms with Crippen LogP contribution >= 0.6 is 11.6 Å². The van der Waals surface area contributed by atoms with Crippen molar-refractivity contribution in [3.63, 3.8) is 0 Å². The summed E-state index contributed by atoms with van der Waals surface area (Å²) in [7, 11) is -1.81. The van der Waals surface area contributed by atoms with Crippen molar-refractivity contribution in [2.45, 2.75) is 6.54 Å². The molecule has 0 aliphatic heterocycles. The molecule has 6 nitrogen and oxygen atoms in total. The van der Waals surface area contributed by atoms with Crippen LogP contribution in [-0.2, 0) is 21.4 Å². The van der Waals surface area contributed by atoms with Gasteiger partial charge in [-0.2, -0.15) is 4.31 Å². The minimum atomic E-state index is -3.27. The Hall–Kier alpha value is -2.09. The number of hydrogen-bond donors (Lipinski definition) is 1. The lowest BCUT2D eigenvalue weighted by Gasteiger charge is -2.11. The van der Waals surface area contributed by atoms with Crippen LogP contribution in [-0.4, -0.2) is 31.9 Å². The Bertz CT molecular complexity index is 841. The number of anilines is 1. The van der Waals surface area contributed by atoms with Crippen molar-refractivity contribution < 1.29 is 17.6 Å². The first-order chi connectivity index (χ1) is 11.2. The number of hydrogen-bond acceptors (Lipinski definition) is 4. The van der Waals surface area contributed by atoms with Gasteiger partial charge in [0.25, 0.3) is 0 Å². The molecule has 0 fully saturated rings. The van der Waals surface area contributed by atoms with E-state index in [0.29, 0.717) is 22.2 Å². The first kappa shape index (κ1) is 18.3. The van der Waals surface area contributed by atoms with E-state index in [1.165, 1.54) is 23.5 Å². The van der Waals surface area contributed by atoms with Crippen molar-refractivity contribution in [3.8, 4) is 0 Å². The van der Waals surface area contributed by atoms with Crippen LogP contribution in [0.15, 0.2) is 46.9 Å². The number of carbonyl (C=O) groups is 1. The van der Waals surface area contributed by atoms with Crippen LogP contribution in [0.5, 0.6) is 0 Å². The highest BCUT2D eigenvalue weighted by atomic mass is 35.5. The van der Waals surface area contributed by atoms with Gasteiger partial charge < -0.3 is 9.73 Å². The van der Waals surface area contributed by atoms with Crippen LogP contribution in [0.1, 0.15) is 11.5 Å². The summed E-state index contributed by atoms with van der Waals surface area (Å²) in [6, 6.07) is 10.1. The monoisotopic (exact) mass is 368 g/mol. The highest BCUT2D eigenvalue weighted by Gasteiger charge is 2.13. The Morgan fingerprint density at radius 3 is 2.54 bits per heavy atom. The van der Waals surface area contributed by atoms with Crippen molar-refractivity contribution in [2.75, 3.05) is 18.6 Å². The highest BCUT2D eigenvalue weighted by Crippen LogP contribution is 2.15. The molecule has 0 aliphatic carbocycles. The van der Waals surface area contributed by atoms with E-state index in [0.717, 1.165) is 6.26 Å². The van der Waals surface area contributed by atoms with E-state index in [1.54, 1.807) is 36.4 Å². The predicted molar refractivity (Wildman–Crippen MR) is 94.1 cm³/mol. The molecule has 0 radical (unpaired) electrons. The van der Waals surface area contributed by atoms with Crippen molar-refractivity contribution in [1.82, 2.24) is 4.31 Å². The van der Waals surface area contributed by atoms with E-state index in [1.807, 2.05) is 0 Å². The van der Waals surface area contributed by atoms with Gasteiger partial charge in [0.15, 0.2) is 0 Å². The second-order valence-electron chi connectivity index (χ2n) is 5.15. The number of benzene rings is 1. The minimum absolute atomic E-state index is 0.129. The summed E-state index contributed by atoms with van der Waals surface area (Å²) in [6.07, 6.45) is 3.96. The third-order valence-electron chi connectivity index (χ3n) is 3.14. The molecular weight excluding hydrogens is 352 g/mol. The Balaban J connectivity index is 1.94. The lowest BCUT2D eigenvalue weighted by atomic mass is 10.3. The SMILES string of the molecule is CN(Cc1ccc(/C=C/C(=O)Nc2ccc(Cl)cc2)o1)S(C)(=O)=O. The molecule has 24 heavy (non-hydrogen) atoms. The van der Waals surface area contributed by atoms with E-state index in [4.69, 9.17) is 16.0 Å². The first-order valence-electron chi connectivity index (χ1n) is 6.99. The summed E-state index contributed by atoms with van der Waals surface area (Å²) >= 11 is 5.78. The fraction of sp³-hybridized carbons (Fsp3) is 0.188. The molecular formula is C16H17ClN2O4S. The molecule has 0 saturated heterocycles. The molecule has 0 spiro atoms. The molecule has 2 rings (SSSR count). The largest absolute Gasteiger partial charge is 0.460 e. The maximum absolute atomic E-state index is 11.8. The highest BCUT2D eigenvalue weighted by molar-refractivity contribution is 7.88. The molecule has 0 bridgehead atoms. The van der Waals surface area contributed by atoms with Gasteiger partial charge in [0.2, 0.25) is 15.9 Å². The maximum Gasteiger partial charge on any atom is 0.248 e. The van der Waals surface area contributed by atoms with Crippen LogP contribution in [0.4, 0.5) is 5.69 Å². The molecule has 128 valence electrons. The topological polar surface area (TPSA) is 79.6 Å². The molecule has 0 aliphatic rings. The number of rotatable bonds is 6. The van der Waals surface area contributed by atoms with Crippen LogP contribution in [0.2, 0.25) is 5.02 Å². The quantitative estimate of drug-likeness (QED) is 0.795. The summed E-state index contributed by atoms with van der Waals surface area (Å²) in [4.78, 5) is 11.8. The number of nitrogens with one attached hydrogen (secondary N) is 1. The van der Waals surface area contributed by atoms with Gasteiger partial charge in [-0.25, -0.2) is 8.42 Å². The van der Waals surface area contributed by atoms with E-state index in [2.05, 4.69) is 5.32 Å². The van der Waals surface area contributed by atoms with Gasteiger partial charge in [0.05, 0.1) is 12.8 Å². The van der Waals surface area contributed by atoms with Gasteiger partial charge in [0, 0.05) is 23.8 Å². The fourth-order valence-corrected chi connectivity index (χ4v) is 2.27. The van der Waals surface area contributed by atoms with E-state index in [9.17, 15) is 13.2 Å². The Morgan fingerprint density at radius 1 is 1.25 bits per heavy atom. The zero-order valence-corrected chi connectivity index (χ0v) is 14.8. The number of furan rings is 1. The molecule has 1 aromatic heterocycles. The number of halogens is 1. The van der Waals surface area contributed by atoms with Gasteiger partial charge in [-0.15, -0.1) is 0 Å². The Labute approximate surface area is 145 Å². The number of carbonyl (C=O) groups excluding carboxylic acids is 1. The molecule has 1 amide bonds. The van der Waals surface area contributed by atoms with Crippen molar-refractivity contribution >= 4 is 39.3 Å². The van der Waals surface area contributed by atoms with Crippen molar-refractivity contribution in [3.05, 3.63) is 59.0 Å². The molecule has 8 heteroatoms. The second-order valence-corrected chi connectivity index (χ2v) is 7.68. The number of sulfonamides is 1. The lowest BCUT2D eigenvalue weighted by Crippen LogP contribution is -2.24. The van der Waals surface area contributed by atoms with Gasteiger partial charge in [-0.1, -0.05) is 11.6 Å². The molecule has 1 aromatic carbocycles. The average Bonchev–Trinajstić information content (AvgIpc) is 2.94. The van der Waals surface area contributed by atoms with Crippen LogP contribution in [0.25, 0.3) is 6.08 Å². The number of amides is 1. The molecule has 0 atom stereocenters. The van der Waals surface area contributed by atoms with Crippen molar-refractivity contribution in [2.24, 2.45) is 0 Å². The van der Waals surface area contributed by atoms with Gasteiger partial charge in [0.1, 0.15) is 11.5 Å². The standard InChI is InChI=1S/C16H17ClN2O4S/c1-19(24(2,21)22)11-15-8-7-14(23-15)9-10-16(20)18-13-5-3-12(17)4-6-13/h3-10H,11H2,1-2H3,(H,18,20)/b10-9+. The Kier molecular flexibility index (Phi) is 5.82. The van der Waals surface area contributed by atoms with E-state index >= 15 is 0 Å². The minimum Gasteiger partial charge on any atom is -0.460 e. The van der Waals surface area contributed by atoms with E-state index in [-0.39, 0.29) is 12.5 Å². The first-order valence-corrected chi connectivity index (χ1v) is 9.21. The summed E-state index contributed by atoms with van der Waals surface area (Å²) in [5.41, 5.74) is 0.629. The van der Waals surface area contributed by atoms with Crippen molar-refractivity contribution in [1.29, 1.82) is 0 Å². The zero-order chi connectivity index (χ0) is 17.7. The molecule has 0 unspecified atom stereocenters. The zero-order valence-electron chi connectivity index (χ0n) is 13.2.